The molecule has 5 heteroatoms. The largest absolute Gasteiger partial charge is 0.351 e. The number of fused-ring (bicyclic) bond motifs is 1. The van der Waals surface area contributed by atoms with Crippen LogP contribution in [0.3, 0.4) is 0 Å². The molecule has 0 aromatic rings. The molecule has 21 heavy (non-hydrogen) atoms. The van der Waals surface area contributed by atoms with Crippen LogP contribution in [0.2, 0.25) is 0 Å². The van der Waals surface area contributed by atoms with Crippen LogP contribution in [0.4, 0.5) is 0 Å². The molecule has 0 aromatic carbocycles. The van der Waals surface area contributed by atoms with Gasteiger partial charge < -0.3 is 16.4 Å². The number of nitrogens with one attached hydrogen (secondary N) is 2. The van der Waals surface area contributed by atoms with E-state index in [-0.39, 0.29) is 17.4 Å². The van der Waals surface area contributed by atoms with Gasteiger partial charge in [0.15, 0.2) is 0 Å². The average molecular weight is 292 g/mol. The molecule has 3 fully saturated rings. The normalized spacial score (nSPS) is 35.8. The van der Waals surface area contributed by atoms with Crippen molar-refractivity contribution in [2.45, 2.75) is 52.1 Å². The molecule has 0 radical (unpaired) electrons. The first-order chi connectivity index (χ1) is 9.67. The fraction of sp³-hybridized carbons (Fsp3) is 0.875. The lowest BCUT2D eigenvalue weighted by Crippen LogP contribution is -2.34. The molecule has 1 saturated carbocycles. The van der Waals surface area contributed by atoms with Crippen LogP contribution in [-0.4, -0.2) is 30.6 Å². The third-order valence-electron chi connectivity index (χ3n) is 5.31. The van der Waals surface area contributed by atoms with E-state index in [0.717, 1.165) is 18.3 Å². The van der Waals surface area contributed by atoms with Crippen molar-refractivity contribution in [1.29, 1.82) is 5.26 Å². The van der Waals surface area contributed by atoms with Crippen molar-refractivity contribution in [1.82, 2.24) is 10.6 Å². The number of hydrogen-bond acceptors (Lipinski definition) is 4. The van der Waals surface area contributed by atoms with Gasteiger partial charge in [0.2, 0.25) is 5.91 Å². The Balaban J connectivity index is 0.000000170. The molecule has 0 bridgehead atoms. The van der Waals surface area contributed by atoms with Gasteiger partial charge >= 0.3 is 0 Å². The summed E-state index contributed by atoms with van der Waals surface area (Å²) in [5.41, 5.74) is 6.02. The van der Waals surface area contributed by atoms with Crippen LogP contribution in [0.15, 0.2) is 0 Å². The first-order valence-corrected chi connectivity index (χ1v) is 7.85. The van der Waals surface area contributed by atoms with Gasteiger partial charge in [-0.1, -0.05) is 13.8 Å². The Morgan fingerprint density at radius 3 is 2.24 bits per heavy atom. The van der Waals surface area contributed by atoms with E-state index in [1.54, 1.807) is 0 Å². The highest BCUT2D eigenvalue weighted by atomic mass is 16.2. The lowest BCUT2D eigenvalue weighted by molar-refractivity contribution is -0.123. The van der Waals surface area contributed by atoms with Gasteiger partial charge in [-0.2, -0.15) is 5.26 Å². The molecule has 2 aliphatic heterocycles. The van der Waals surface area contributed by atoms with Gasteiger partial charge in [0.1, 0.15) is 0 Å². The minimum Gasteiger partial charge on any atom is -0.351 e. The third-order valence-corrected chi connectivity index (χ3v) is 5.31. The van der Waals surface area contributed by atoms with E-state index >= 15 is 0 Å². The van der Waals surface area contributed by atoms with Crippen LogP contribution >= 0.6 is 0 Å². The summed E-state index contributed by atoms with van der Waals surface area (Å²) in [6.45, 7) is 11.3. The molecule has 1 aliphatic carbocycles. The second kappa shape index (κ2) is 5.58. The van der Waals surface area contributed by atoms with Crippen molar-refractivity contribution in [2.24, 2.45) is 28.9 Å². The topological polar surface area (TPSA) is 90.9 Å². The smallest absolute Gasteiger partial charge is 0.223 e. The number of nitrogens with two attached hydrogens (primary N) is 1. The van der Waals surface area contributed by atoms with Gasteiger partial charge in [-0.15, -0.1) is 0 Å². The summed E-state index contributed by atoms with van der Waals surface area (Å²) in [6, 6.07) is 1.41. The molecule has 1 amide bonds. The van der Waals surface area contributed by atoms with Crippen LogP contribution in [0.5, 0.6) is 0 Å². The van der Waals surface area contributed by atoms with Gasteiger partial charge in [0.25, 0.3) is 0 Å². The number of amides is 1. The quantitative estimate of drug-likeness (QED) is 0.708. The number of carbonyl (C=O) groups is 1. The third kappa shape index (κ3) is 3.56. The van der Waals surface area contributed by atoms with Crippen molar-refractivity contribution >= 4 is 5.91 Å². The second-order valence-corrected chi connectivity index (χ2v) is 7.94. The van der Waals surface area contributed by atoms with Crippen molar-refractivity contribution < 1.29 is 4.79 Å². The number of rotatable bonds is 2. The lowest BCUT2D eigenvalue weighted by Gasteiger charge is -2.16. The molecule has 0 aromatic heterocycles. The van der Waals surface area contributed by atoms with Crippen molar-refractivity contribution in [2.75, 3.05) is 13.1 Å². The summed E-state index contributed by atoms with van der Waals surface area (Å²) in [7, 11) is 0. The van der Waals surface area contributed by atoms with E-state index in [0.29, 0.717) is 11.8 Å². The fourth-order valence-electron chi connectivity index (χ4n) is 3.81. The first-order valence-electron chi connectivity index (χ1n) is 7.85. The van der Waals surface area contributed by atoms with E-state index in [2.05, 4.69) is 24.5 Å². The molecule has 4 N–H and O–H groups in total. The molecule has 4 atom stereocenters. The number of nitriles is 1. The Kier molecular flexibility index (Phi) is 4.32. The summed E-state index contributed by atoms with van der Waals surface area (Å²) in [5.74, 6) is 1.96. The Morgan fingerprint density at radius 1 is 1.33 bits per heavy atom. The number of nitrogens with zero attached hydrogens (tertiary/aromatic N) is 1. The molecule has 2 saturated heterocycles. The van der Waals surface area contributed by atoms with Gasteiger partial charge in [0.05, 0.1) is 12.1 Å². The highest BCUT2D eigenvalue weighted by Gasteiger charge is 2.59. The zero-order valence-corrected chi connectivity index (χ0v) is 13.6. The summed E-state index contributed by atoms with van der Waals surface area (Å²) < 4.78 is 0. The van der Waals surface area contributed by atoms with E-state index < -0.39 is 6.04 Å². The number of hydrogen-bond donors (Lipinski definition) is 3. The van der Waals surface area contributed by atoms with Crippen LogP contribution < -0.4 is 16.4 Å². The number of carbonyl (C=O) groups excluding carboxylic acids is 1. The number of piperidine rings is 1. The van der Waals surface area contributed by atoms with E-state index in [1.807, 2.05) is 19.9 Å². The monoisotopic (exact) mass is 292 g/mol. The molecule has 3 rings (SSSR count). The second-order valence-electron chi connectivity index (χ2n) is 7.94. The Bertz CT molecular complexity index is 440. The van der Waals surface area contributed by atoms with Crippen molar-refractivity contribution in [3.8, 4) is 6.07 Å². The summed E-state index contributed by atoms with van der Waals surface area (Å²) >= 11 is 0. The van der Waals surface area contributed by atoms with E-state index in [9.17, 15) is 4.79 Å². The fourth-order valence-corrected chi connectivity index (χ4v) is 3.81. The summed E-state index contributed by atoms with van der Waals surface area (Å²) in [4.78, 5) is 11.4. The lowest BCUT2D eigenvalue weighted by atomic mass is 9.92. The predicted octanol–water partition coefficient (Wildman–Crippen LogP) is 1.00. The maximum Gasteiger partial charge on any atom is 0.223 e. The van der Waals surface area contributed by atoms with Gasteiger partial charge in [0, 0.05) is 11.5 Å². The molecule has 4 unspecified atom stereocenters. The molecular weight excluding hydrogens is 264 g/mol. The summed E-state index contributed by atoms with van der Waals surface area (Å²) in [6.07, 6.45) is 1.23. The minimum atomic E-state index is -0.523. The first kappa shape index (κ1) is 16.3. The SMILES string of the molecule is CC1(C)C2CNCC21.CC1(C)CC(CC(N)C#N)C(=O)N1. The standard InChI is InChI=1S/C9H15N3O.C7H13N/c1-9(2)4-6(8(13)12-9)3-7(11)5-10;1-7(2)5-3-8-4-6(5)7/h6-7H,3-4,11H2,1-2H3,(H,12,13);5-6,8H,3-4H2,1-2H3. The summed E-state index contributed by atoms with van der Waals surface area (Å²) in [5, 5.41) is 14.8. The molecule has 5 nitrogen and oxygen atoms in total. The molecule has 3 aliphatic rings. The Hall–Kier alpha value is -1.12. The molecule has 0 spiro atoms. The molecule has 118 valence electrons. The molecule has 2 heterocycles. The van der Waals surface area contributed by atoms with Crippen molar-refractivity contribution in [3.05, 3.63) is 0 Å². The van der Waals surface area contributed by atoms with E-state index in [1.165, 1.54) is 13.1 Å². The van der Waals surface area contributed by atoms with Gasteiger partial charge in [-0.05, 0) is 57.0 Å². The van der Waals surface area contributed by atoms with Crippen LogP contribution in [0.1, 0.15) is 40.5 Å². The van der Waals surface area contributed by atoms with Crippen LogP contribution in [0, 0.1) is 34.5 Å². The Morgan fingerprint density at radius 2 is 1.90 bits per heavy atom. The minimum absolute atomic E-state index is 0.0238. The highest BCUT2D eigenvalue weighted by molar-refractivity contribution is 5.82. The van der Waals surface area contributed by atoms with Crippen LogP contribution in [0.25, 0.3) is 0 Å². The zero-order valence-electron chi connectivity index (χ0n) is 13.6. The zero-order chi connectivity index (χ0) is 15.8. The average Bonchev–Trinajstić information content (AvgIpc) is 2.79. The van der Waals surface area contributed by atoms with Crippen LogP contribution in [-0.2, 0) is 4.79 Å². The Labute approximate surface area is 127 Å². The van der Waals surface area contributed by atoms with Crippen molar-refractivity contribution in [3.63, 3.8) is 0 Å². The van der Waals surface area contributed by atoms with Gasteiger partial charge in [-0.3, -0.25) is 4.79 Å². The van der Waals surface area contributed by atoms with Gasteiger partial charge in [-0.25, -0.2) is 0 Å². The van der Waals surface area contributed by atoms with E-state index in [4.69, 9.17) is 11.0 Å². The highest BCUT2D eigenvalue weighted by Crippen LogP contribution is 2.59. The molecular formula is C16H28N4O. The predicted molar refractivity (Wildman–Crippen MR) is 82.2 cm³/mol. The maximum absolute atomic E-state index is 11.4. The maximum atomic E-state index is 11.4.